The second-order valence-corrected chi connectivity index (χ2v) is 5.66. The molecule has 0 aliphatic heterocycles. The number of nitrogens with one attached hydrogen (secondary N) is 1. The Kier molecular flexibility index (Phi) is 5.46. The van der Waals surface area contributed by atoms with Crippen LogP contribution in [0.3, 0.4) is 0 Å². The molecular formula is C11H21N5OS. The summed E-state index contributed by atoms with van der Waals surface area (Å²) in [6, 6.07) is 0.174. The molecule has 1 amide bonds. The first kappa shape index (κ1) is 14.8. The maximum atomic E-state index is 11.8. The highest BCUT2D eigenvalue weighted by Gasteiger charge is 2.20. The van der Waals surface area contributed by atoms with Crippen molar-refractivity contribution in [2.45, 2.75) is 50.6 Å². The number of nitrogen functional groups attached to an aromatic ring is 1. The highest BCUT2D eigenvalue weighted by atomic mass is 32.2. The number of anilines is 1. The molecule has 18 heavy (non-hydrogen) atoms. The van der Waals surface area contributed by atoms with E-state index >= 15 is 0 Å². The molecule has 1 atom stereocenters. The van der Waals surface area contributed by atoms with Gasteiger partial charge in [0.15, 0.2) is 5.16 Å². The van der Waals surface area contributed by atoms with Crippen molar-refractivity contribution in [1.82, 2.24) is 20.1 Å². The molecule has 3 N–H and O–H groups in total. The van der Waals surface area contributed by atoms with Gasteiger partial charge in [0.2, 0.25) is 11.9 Å². The number of nitrogens with two attached hydrogens (primary N) is 1. The maximum absolute atomic E-state index is 11.8. The van der Waals surface area contributed by atoms with Crippen LogP contribution >= 0.6 is 11.8 Å². The monoisotopic (exact) mass is 271 g/mol. The fourth-order valence-electron chi connectivity index (χ4n) is 1.46. The predicted octanol–water partition coefficient (Wildman–Crippen LogP) is 1.45. The minimum absolute atomic E-state index is 0.0127. The van der Waals surface area contributed by atoms with E-state index in [0.717, 1.165) is 6.42 Å². The molecule has 0 aliphatic rings. The van der Waals surface area contributed by atoms with Crippen LogP contribution in [-0.2, 0) is 4.79 Å². The van der Waals surface area contributed by atoms with E-state index in [-0.39, 0.29) is 17.2 Å². The van der Waals surface area contributed by atoms with Gasteiger partial charge in [-0.2, -0.15) is 0 Å². The minimum Gasteiger partial charge on any atom is -0.368 e. The summed E-state index contributed by atoms with van der Waals surface area (Å²) in [5.41, 5.74) is 5.75. The average Bonchev–Trinajstić information content (AvgIpc) is 2.67. The molecule has 0 radical (unpaired) electrons. The molecule has 1 heterocycles. The highest BCUT2D eigenvalue weighted by molar-refractivity contribution is 8.00. The lowest BCUT2D eigenvalue weighted by Gasteiger charge is -2.14. The van der Waals surface area contributed by atoms with Gasteiger partial charge in [0.1, 0.15) is 0 Å². The fourth-order valence-corrected chi connectivity index (χ4v) is 2.47. The Balaban J connectivity index is 2.70. The molecular weight excluding hydrogens is 250 g/mol. The topological polar surface area (TPSA) is 85.8 Å². The normalized spacial score (nSPS) is 12.7. The number of nitrogens with zero attached hydrogens (tertiary/aromatic N) is 3. The molecule has 0 saturated carbocycles. The predicted molar refractivity (Wildman–Crippen MR) is 73.4 cm³/mol. The first-order valence-electron chi connectivity index (χ1n) is 6.12. The van der Waals surface area contributed by atoms with E-state index in [9.17, 15) is 4.79 Å². The Labute approximate surface area is 112 Å². The second-order valence-electron chi connectivity index (χ2n) is 4.36. The summed E-state index contributed by atoms with van der Waals surface area (Å²) < 4.78 is 1.83. The van der Waals surface area contributed by atoms with Crippen LogP contribution in [0.5, 0.6) is 0 Å². The lowest BCUT2D eigenvalue weighted by Crippen LogP contribution is -2.31. The summed E-state index contributed by atoms with van der Waals surface area (Å²) >= 11 is 1.38. The van der Waals surface area contributed by atoms with Crippen LogP contribution in [0.2, 0.25) is 0 Å². The van der Waals surface area contributed by atoms with Crippen molar-refractivity contribution < 1.29 is 4.79 Å². The van der Waals surface area contributed by atoms with Gasteiger partial charge in [-0.1, -0.05) is 18.7 Å². The van der Waals surface area contributed by atoms with Crippen molar-refractivity contribution in [2.24, 2.45) is 0 Å². The van der Waals surface area contributed by atoms with Gasteiger partial charge in [0.05, 0.1) is 5.25 Å². The Morgan fingerprint density at radius 3 is 2.67 bits per heavy atom. The second kappa shape index (κ2) is 6.63. The smallest absolute Gasteiger partial charge is 0.233 e. The van der Waals surface area contributed by atoms with Crippen LogP contribution in [0.15, 0.2) is 5.16 Å². The summed E-state index contributed by atoms with van der Waals surface area (Å²) in [6.07, 6.45) is 0.929. The lowest BCUT2D eigenvalue weighted by molar-refractivity contribution is -0.120. The molecule has 1 unspecified atom stereocenters. The number of hydrogen-bond acceptors (Lipinski definition) is 5. The quantitative estimate of drug-likeness (QED) is 0.765. The molecule has 0 aromatic carbocycles. The van der Waals surface area contributed by atoms with Gasteiger partial charge in [0, 0.05) is 12.6 Å². The van der Waals surface area contributed by atoms with E-state index in [1.807, 2.05) is 32.3 Å². The van der Waals surface area contributed by atoms with E-state index in [1.165, 1.54) is 11.8 Å². The first-order valence-corrected chi connectivity index (χ1v) is 7.00. The van der Waals surface area contributed by atoms with Crippen molar-refractivity contribution in [3.63, 3.8) is 0 Å². The SMILES string of the molecule is CCCNC(=O)C(C)Sc1nnc(N)n1C(C)C. The van der Waals surface area contributed by atoms with E-state index in [1.54, 1.807) is 0 Å². The Hall–Kier alpha value is -1.24. The minimum atomic E-state index is -0.211. The summed E-state index contributed by atoms with van der Waals surface area (Å²) in [4.78, 5) is 11.8. The fraction of sp³-hybridized carbons (Fsp3) is 0.727. The molecule has 0 bridgehead atoms. The molecule has 1 aromatic heterocycles. The Bertz CT molecular complexity index is 404. The van der Waals surface area contributed by atoms with Crippen LogP contribution in [0, 0.1) is 0 Å². The summed E-state index contributed by atoms with van der Waals surface area (Å²) in [6.45, 7) is 8.58. The van der Waals surface area contributed by atoms with E-state index in [4.69, 9.17) is 5.73 Å². The number of carbonyl (C=O) groups excluding carboxylic acids is 1. The molecule has 1 aromatic rings. The average molecular weight is 271 g/mol. The zero-order chi connectivity index (χ0) is 13.7. The number of aromatic nitrogens is 3. The van der Waals surface area contributed by atoms with Gasteiger partial charge >= 0.3 is 0 Å². The summed E-state index contributed by atoms with van der Waals surface area (Å²) in [7, 11) is 0. The van der Waals surface area contributed by atoms with Gasteiger partial charge in [0.25, 0.3) is 0 Å². The van der Waals surface area contributed by atoms with E-state index in [0.29, 0.717) is 17.6 Å². The lowest BCUT2D eigenvalue weighted by atomic mass is 10.4. The third kappa shape index (κ3) is 3.63. The summed E-state index contributed by atoms with van der Waals surface area (Å²) in [5.74, 6) is 0.396. The number of amides is 1. The van der Waals surface area contributed by atoms with Crippen LogP contribution in [0.1, 0.15) is 40.2 Å². The van der Waals surface area contributed by atoms with Gasteiger partial charge in [-0.05, 0) is 27.2 Å². The first-order chi connectivity index (χ1) is 8.47. The Morgan fingerprint density at radius 1 is 1.44 bits per heavy atom. The number of thioether (sulfide) groups is 1. The van der Waals surface area contributed by atoms with Crippen molar-refractivity contribution in [3.05, 3.63) is 0 Å². The molecule has 0 fully saturated rings. The van der Waals surface area contributed by atoms with Crippen LogP contribution in [0.4, 0.5) is 5.95 Å². The molecule has 0 saturated heterocycles. The van der Waals surface area contributed by atoms with E-state index in [2.05, 4.69) is 15.5 Å². The zero-order valence-electron chi connectivity index (χ0n) is 11.3. The zero-order valence-corrected chi connectivity index (χ0v) is 12.1. The molecule has 7 heteroatoms. The van der Waals surface area contributed by atoms with Crippen molar-refractivity contribution in [1.29, 1.82) is 0 Å². The molecule has 0 spiro atoms. The largest absolute Gasteiger partial charge is 0.368 e. The number of carbonyl (C=O) groups is 1. The van der Waals surface area contributed by atoms with Crippen LogP contribution < -0.4 is 11.1 Å². The van der Waals surface area contributed by atoms with Crippen LogP contribution in [0.25, 0.3) is 0 Å². The molecule has 1 rings (SSSR count). The van der Waals surface area contributed by atoms with E-state index < -0.39 is 0 Å². The number of hydrogen-bond donors (Lipinski definition) is 2. The molecule has 102 valence electrons. The van der Waals surface area contributed by atoms with Crippen molar-refractivity contribution in [2.75, 3.05) is 12.3 Å². The number of rotatable bonds is 6. The molecule has 6 nitrogen and oxygen atoms in total. The third-order valence-corrected chi connectivity index (χ3v) is 3.46. The third-order valence-electron chi connectivity index (χ3n) is 2.41. The summed E-state index contributed by atoms with van der Waals surface area (Å²) in [5, 5.41) is 11.2. The van der Waals surface area contributed by atoms with Crippen LogP contribution in [-0.4, -0.2) is 32.5 Å². The van der Waals surface area contributed by atoms with Gasteiger partial charge < -0.3 is 11.1 Å². The maximum Gasteiger partial charge on any atom is 0.233 e. The van der Waals surface area contributed by atoms with Gasteiger partial charge in [-0.25, -0.2) is 0 Å². The van der Waals surface area contributed by atoms with Gasteiger partial charge in [-0.15, -0.1) is 10.2 Å². The standard InChI is InChI=1S/C11H21N5OS/c1-5-6-13-9(17)8(4)18-11-15-14-10(12)16(11)7(2)3/h7-8H,5-6H2,1-4H3,(H2,12,14)(H,13,17). The van der Waals surface area contributed by atoms with Gasteiger partial charge in [-0.3, -0.25) is 9.36 Å². The Morgan fingerprint density at radius 2 is 2.11 bits per heavy atom. The molecule has 0 aliphatic carbocycles. The highest BCUT2D eigenvalue weighted by Crippen LogP contribution is 2.26. The van der Waals surface area contributed by atoms with Crippen molar-refractivity contribution in [3.8, 4) is 0 Å². The van der Waals surface area contributed by atoms with Crippen molar-refractivity contribution >= 4 is 23.6 Å².